The molecule has 2 aromatic carbocycles. The van der Waals surface area contributed by atoms with Crippen LogP contribution in [0.25, 0.3) is 0 Å². The molecule has 3 rings (SSSR count). The Labute approximate surface area is 131 Å². The number of aryl methyl sites for hydroxylation is 1. The largest absolute Gasteiger partial charge is 0.486 e. The lowest BCUT2D eigenvalue weighted by atomic mass is 9.97. The van der Waals surface area contributed by atoms with E-state index in [0.717, 1.165) is 15.6 Å². The fraction of sp³-hybridized carbons (Fsp3) is 0.250. The number of fused-ring (bicyclic) bond motifs is 1. The molecule has 0 bridgehead atoms. The third-order valence-electron chi connectivity index (χ3n) is 3.48. The third-order valence-corrected chi connectivity index (χ3v) is 4.17. The second kappa shape index (κ2) is 5.66. The molecule has 2 aromatic rings. The van der Waals surface area contributed by atoms with E-state index in [1.54, 1.807) is 12.1 Å². The van der Waals surface area contributed by atoms with Gasteiger partial charge in [0.15, 0.2) is 11.5 Å². The van der Waals surface area contributed by atoms with Crippen molar-refractivity contribution in [1.82, 2.24) is 0 Å². The van der Waals surface area contributed by atoms with Crippen molar-refractivity contribution >= 4 is 15.9 Å². The summed E-state index contributed by atoms with van der Waals surface area (Å²) in [5.74, 6) is 1.01. The van der Waals surface area contributed by atoms with Gasteiger partial charge in [-0.15, -0.1) is 0 Å². The van der Waals surface area contributed by atoms with E-state index in [9.17, 15) is 4.39 Å². The minimum absolute atomic E-state index is 0.310. The number of nitrogens with two attached hydrogens (primary N) is 1. The van der Waals surface area contributed by atoms with E-state index in [-0.39, 0.29) is 5.82 Å². The Bertz CT molecular complexity index is 690. The molecule has 2 N–H and O–H groups in total. The summed E-state index contributed by atoms with van der Waals surface area (Å²) >= 11 is 3.48. The average molecular weight is 352 g/mol. The van der Waals surface area contributed by atoms with Crippen molar-refractivity contribution in [3.05, 3.63) is 57.3 Å². The summed E-state index contributed by atoms with van der Waals surface area (Å²) in [5, 5.41) is 0. The monoisotopic (exact) mass is 351 g/mol. The summed E-state index contributed by atoms with van der Waals surface area (Å²) in [5.41, 5.74) is 8.45. The van der Waals surface area contributed by atoms with Crippen LogP contribution in [0.15, 0.2) is 34.8 Å². The van der Waals surface area contributed by atoms with Gasteiger partial charge in [-0.2, -0.15) is 0 Å². The van der Waals surface area contributed by atoms with E-state index in [1.165, 1.54) is 6.07 Å². The smallest absolute Gasteiger partial charge is 0.162 e. The van der Waals surface area contributed by atoms with E-state index in [4.69, 9.17) is 15.2 Å². The van der Waals surface area contributed by atoms with E-state index in [0.29, 0.717) is 30.3 Å². The molecule has 110 valence electrons. The minimum atomic E-state index is -0.574. The van der Waals surface area contributed by atoms with Crippen LogP contribution in [-0.2, 0) is 0 Å². The lowest BCUT2D eigenvalue weighted by molar-refractivity contribution is 0.171. The van der Waals surface area contributed by atoms with Crippen LogP contribution in [0.5, 0.6) is 11.5 Å². The van der Waals surface area contributed by atoms with Crippen molar-refractivity contribution in [3.63, 3.8) is 0 Å². The van der Waals surface area contributed by atoms with Gasteiger partial charge >= 0.3 is 0 Å². The van der Waals surface area contributed by atoms with Crippen LogP contribution in [0, 0.1) is 12.7 Å². The zero-order valence-corrected chi connectivity index (χ0v) is 13.1. The molecule has 1 atom stereocenters. The van der Waals surface area contributed by atoms with E-state index in [1.807, 2.05) is 19.1 Å². The van der Waals surface area contributed by atoms with Gasteiger partial charge in [-0.05, 0) is 30.7 Å². The highest BCUT2D eigenvalue weighted by Gasteiger charge is 2.21. The van der Waals surface area contributed by atoms with Crippen LogP contribution in [0.1, 0.15) is 22.7 Å². The van der Waals surface area contributed by atoms with Crippen molar-refractivity contribution in [1.29, 1.82) is 0 Å². The molecule has 0 saturated carbocycles. The van der Waals surface area contributed by atoms with Crippen LogP contribution in [0.4, 0.5) is 4.39 Å². The zero-order chi connectivity index (χ0) is 15.0. The minimum Gasteiger partial charge on any atom is -0.486 e. The third kappa shape index (κ3) is 2.76. The van der Waals surface area contributed by atoms with Crippen LogP contribution in [-0.4, -0.2) is 13.2 Å². The van der Waals surface area contributed by atoms with Gasteiger partial charge in [-0.3, -0.25) is 0 Å². The van der Waals surface area contributed by atoms with Crippen LogP contribution < -0.4 is 15.2 Å². The normalized spacial score (nSPS) is 14.9. The maximum Gasteiger partial charge on any atom is 0.162 e. The lowest BCUT2D eigenvalue weighted by Crippen LogP contribution is -2.18. The van der Waals surface area contributed by atoms with Gasteiger partial charge in [0.2, 0.25) is 0 Å². The SMILES string of the molecule is Cc1ccc(F)c(C(N)c2cc3c(cc2Br)OCCO3)c1. The van der Waals surface area contributed by atoms with Crippen molar-refractivity contribution in [2.24, 2.45) is 5.73 Å². The van der Waals surface area contributed by atoms with Gasteiger partial charge in [0.25, 0.3) is 0 Å². The Morgan fingerprint density at radius 1 is 1.10 bits per heavy atom. The molecular formula is C16H15BrFNO2. The molecule has 21 heavy (non-hydrogen) atoms. The number of hydrogen-bond acceptors (Lipinski definition) is 3. The first-order chi connectivity index (χ1) is 10.1. The first-order valence-electron chi connectivity index (χ1n) is 6.67. The Kier molecular flexibility index (Phi) is 3.87. The molecule has 1 aliphatic rings. The van der Waals surface area contributed by atoms with Crippen LogP contribution >= 0.6 is 15.9 Å². The lowest BCUT2D eigenvalue weighted by Gasteiger charge is -2.22. The molecule has 5 heteroatoms. The summed E-state index contributed by atoms with van der Waals surface area (Å²) in [6.45, 7) is 2.94. The number of rotatable bonds is 2. The highest BCUT2D eigenvalue weighted by Crippen LogP contribution is 2.39. The Morgan fingerprint density at radius 2 is 1.76 bits per heavy atom. The average Bonchev–Trinajstić information content (AvgIpc) is 2.48. The topological polar surface area (TPSA) is 44.5 Å². The van der Waals surface area contributed by atoms with E-state index >= 15 is 0 Å². The molecule has 0 saturated heterocycles. The van der Waals surface area contributed by atoms with Crippen molar-refractivity contribution < 1.29 is 13.9 Å². The quantitative estimate of drug-likeness (QED) is 0.896. The predicted molar refractivity (Wildman–Crippen MR) is 82.3 cm³/mol. The fourth-order valence-corrected chi connectivity index (χ4v) is 2.96. The second-order valence-corrected chi connectivity index (χ2v) is 5.87. The Morgan fingerprint density at radius 3 is 2.48 bits per heavy atom. The van der Waals surface area contributed by atoms with Crippen LogP contribution in [0.3, 0.4) is 0 Å². The highest BCUT2D eigenvalue weighted by atomic mass is 79.9. The second-order valence-electron chi connectivity index (χ2n) is 5.02. The van der Waals surface area contributed by atoms with Gasteiger partial charge in [0.1, 0.15) is 19.0 Å². The predicted octanol–water partition coefficient (Wildman–Crippen LogP) is 3.72. The maximum absolute atomic E-state index is 14.0. The molecule has 1 aliphatic heterocycles. The fourth-order valence-electron chi connectivity index (χ4n) is 2.39. The van der Waals surface area contributed by atoms with Gasteiger partial charge < -0.3 is 15.2 Å². The van der Waals surface area contributed by atoms with Gasteiger partial charge in [-0.1, -0.05) is 33.6 Å². The number of hydrogen-bond donors (Lipinski definition) is 1. The summed E-state index contributed by atoms with van der Waals surface area (Å²) in [6, 6.07) is 7.99. The van der Waals surface area contributed by atoms with E-state index in [2.05, 4.69) is 15.9 Å². The first kappa shape index (κ1) is 14.4. The standard InChI is InChI=1S/C16H15BrFNO2/c1-9-2-3-13(18)11(6-9)16(19)10-7-14-15(8-12(10)17)21-5-4-20-14/h2-3,6-8,16H,4-5,19H2,1H3. The summed E-state index contributed by atoms with van der Waals surface area (Å²) in [6.07, 6.45) is 0. The maximum atomic E-state index is 14.0. The molecule has 3 nitrogen and oxygen atoms in total. The molecule has 1 heterocycles. The van der Waals surface area contributed by atoms with Crippen molar-refractivity contribution in [2.75, 3.05) is 13.2 Å². The van der Waals surface area contributed by atoms with Crippen LogP contribution in [0.2, 0.25) is 0 Å². The van der Waals surface area contributed by atoms with E-state index < -0.39 is 6.04 Å². The molecule has 0 spiro atoms. The molecule has 0 radical (unpaired) electrons. The first-order valence-corrected chi connectivity index (χ1v) is 7.46. The summed E-state index contributed by atoms with van der Waals surface area (Å²) in [4.78, 5) is 0. The Hall–Kier alpha value is -1.59. The molecule has 0 aliphatic carbocycles. The summed E-state index contributed by atoms with van der Waals surface area (Å²) < 4.78 is 25.9. The Balaban J connectivity index is 2.05. The molecule has 0 amide bonds. The van der Waals surface area contributed by atoms with Gasteiger partial charge in [0, 0.05) is 10.0 Å². The van der Waals surface area contributed by atoms with Gasteiger partial charge in [-0.25, -0.2) is 4.39 Å². The molecule has 1 unspecified atom stereocenters. The van der Waals surface area contributed by atoms with Crippen molar-refractivity contribution in [2.45, 2.75) is 13.0 Å². The highest BCUT2D eigenvalue weighted by molar-refractivity contribution is 9.10. The number of halogens is 2. The van der Waals surface area contributed by atoms with Crippen molar-refractivity contribution in [3.8, 4) is 11.5 Å². The number of ether oxygens (including phenoxy) is 2. The molecule has 0 aromatic heterocycles. The summed E-state index contributed by atoms with van der Waals surface area (Å²) in [7, 11) is 0. The van der Waals surface area contributed by atoms with Gasteiger partial charge in [0.05, 0.1) is 6.04 Å². The number of benzene rings is 2. The molecular weight excluding hydrogens is 337 g/mol. The zero-order valence-electron chi connectivity index (χ0n) is 11.5. The molecule has 0 fully saturated rings.